The number of hydrogen-bond acceptors (Lipinski definition) is 3. The molecule has 1 fully saturated rings. The normalized spacial score (nSPS) is 15.9. The molecule has 3 heteroatoms. The van der Waals surface area contributed by atoms with Crippen molar-refractivity contribution in [1.29, 1.82) is 0 Å². The van der Waals surface area contributed by atoms with E-state index in [1.54, 1.807) is 0 Å². The molecule has 128 valence electrons. The lowest BCUT2D eigenvalue weighted by Crippen LogP contribution is -2.05. The van der Waals surface area contributed by atoms with Crippen LogP contribution in [0, 0.1) is 0 Å². The molecule has 1 heterocycles. The van der Waals surface area contributed by atoms with Crippen LogP contribution < -0.4 is 9.47 Å². The van der Waals surface area contributed by atoms with E-state index < -0.39 is 0 Å². The Balaban J connectivity index is 1.62. The van der Waals surface area contributed by atoms with Gasteiger partial charge in [-0.05, 0) is 41.1 Å². The Hall–Kier alpha value is -3.04. The van der Waals surface area contributed by atoms with Gasteiger partial charge in [-0.1, -0.05) is 48.5 Å². The Morgan fingerprint density at radius 1 is 0.769 bits per heavy atom. The summed E-state index contributed by atoms with van der Waals surface area (Å²) in [7, 11) is 0. The number of epoxide rings is 1. The van der Waals surface area contributed by atoms with Gasteiger partial charge in [0.05, 0.1) is 6.61 Å². The summed E-state index contributed by atoms with van der Waals surface area (Å²) in [5.41, 5.74) is 0. The van der Waals surface area contributed by atoms with Crippen molar-refractivity contribution in [2.75, 3.05) is 13.2 Å². The first kappa shape index (κ1) is 15.2. The topological polar surface area (TPSA) is 31.0 Å². The number of ether oxygens (including phenoxy) is 3. The van der Waals surface area contributed by atoms with Gasteiger partial charge in [0.1, 0.15) is 30.0 Å². The number of benzene rings is 4. The van der Waals surface area contributed by atoms with Crippen molar-refractivity contribution in [3.63, 3.8) is 0 Å². The van der Waals surface area contributed by atoms with Crippen molar-refractivity contribution >= 4 is 21.5 Å². The van der Waals surface area contributed by atoms with Gasteiger partial charge in [0.15, 0.2) is 0 Å². The summed E-state index contributed by atoms with van der Waals surface area (Å²) >= 11 is 0. The molecule has 1 aliphatic heterocycles. The van der Waals surface area contributed by atoms with Gasteiger partial charge in [0, 0.05) is 10.8 Å². The quantitative estimate of drug-likeness (QED) is 0.351. The maximum absolute atomic E-state index is 6.18. The lowest BCUT2D eigenvalue weighted by molar-refractivity contribution is 0.267. The fourth-order valence-corrected chi connectivity index (χ4v) is 3.18. The highest BCUT2D eigenvalue weighted by Gasteiger charge is 2.24. The SMILES string of the molecule is c1ccc(Oc2ccc3cc4ccccc4c(OCC4CO4)c3c2)cc1. The second-order valence-electron chi connectivity index (χ2n) is 6.49. The summed E-state index contributed by atoms with van der Waals surface area (Å²) in [6.45, 7) is 1.36. The third-order valence-electron chi connectivity index (χ3n) is 4.58. The minimum atomic E-state index is 0.216. The molecule has 1 aliphatic rings. The first-order valence-electron chi connectivity index (χ1n) is 8.80. The van der Waals surface area contributed by atoms with Crippen molar-refractivity contribution in [3.05, 3.63) is 78.9 Å². The lowest BCUT2D eigenvalue weighted by atomic mass is 10.0. The van der Waals surface area contributed by atoms with Gasteiger partial charge >= 0.3 is 0 Å². The molecule has 1 saturated heterocycles. The largest absolute Gasteiger partial charge is 0.489 e. The molecule has 26 heavy (non-hydrogen) atoms. The van der Waals surface area contributed by atoms with Crippen LogP contribution in [-0.2, 0) is 4.74 Å². The highest BCUT2D eigenvalue weighted by atomic mass is 16.6. The van der Waals surface area contributed by atoms with Crippen LogP contribution in [0.25, 0.3) is 21.5 Å². The molecular formula is C23H18O3. The zero-order valence-electron chi connectivity index (χ0n) is 14.2. The van der Waals surface area contributed by atoms with Gasteiger partial charge in [-0.25, -0.2) is 0 Å². The third kappa shape index (κ3) is 2.98. The first-order chi connectivity index (χ1) is 12.9. The maximum atomic E-state index is 6.18. The molecule has 0 aromatic heterocycles. The molecule has 1 unspecified atom stereocenters. The summed E-state index contributed by atoms with van der Waals surface area (Å²) in [6, 6.07) is 26.4. The second-order valence-corrected chi connectivity index (χ2v) is 6.49. The summed E-state index contributed by atoms with van der Waals surface area (Å²) in [4.78, 5) is 0. The summed E-state index contributed by atoms with van der Waals surface area (Å²) in [6.07, 6.45) is 0.216. The highest BCUT2D eigenvalue weighted by Crippen LogP contribution is 2.38. The van der Waals surface area contributed by atoms with Gasteiger partial charge < -0.3 is 14.2 Å². The summed E-state index contributed by atoms with van der Waals surface area (Å²) in [5.74, 6) is 2.51. The van der Waals surface area contributed by atoms with Crippen LogP contribution >= 0.6 is 0 Å². The van der Waals surface area contributed by atoms with E-state index in [-0.39, 0.29) is 6.10 Å². The van der Waals surface area contributed by atoms with Crippen LogP contribution in [-0.4, -0.2) is 19.3 Å². The molecule has 3 nitrogen and oxygen atoms in total. The molecule has 4 aromatic carbocycles. The fourth-order valence-electron chi connectivity index (χ4n) is 3.18. The van der Waals surface area contributed by atoms with E-state index in [1.165, 1.54) is 5.39 Å². The van der Waals surface area contributed by atoms with Crippen LogP contribution in [0.4, 0.5) is 0 Å². The van der Waals surface area contributed by atoms with Gasteiger partial charge in [-0.3, -0.25) is 0 Å². The number of para-hydroxylation sites is 1. The van der Waals surface area contributed by atoms with Crippen LogP contribution in [0.15, 0.2) is 78.9 Å². The minimum Gasteiger partial charge on any atom is -0.489 e. The highest BCUT2D eigenvalue weighted by molar-refractivity contribution is 6.05. The molecule has 0 saturated carbocycles. The Morgan fingerprint density at radius 2 is 1.54 bits per heavy atom. The molecule has 0 N–H and O–H groups in total. The molecular weight excluding hydrogens is 324 g/mol. The predicted octanol–water partition coefficient (Wildman–Crippen LogP) is 5.56. The third-order valence-corrected chi connectivity index (χ3v) is 4.58. The Morgan fingerprint density at radius 3 is 2.38 bits per heavy atom. The van der Waals surface area contributed by atoms with Gasteiger partial charge in [0.25, 0.3) is 0 Å². The molecule has 0 bridgehead atoms. The average molecular weight is 342 g/mol. The van der Waals surface area contributed by atoms with Gasteiger partial charge in [0.2, 0.25) is 0 Å². The van der Waals surface area contributed by atoms with E-state index in [4.69, 9.17) is 14.2 Å². The lowest BCUT2D eigenvalue weighted by Gasteiger charge is -2.14. The van der Waals surface area contributed by atoms with Crippen LogP contribution in [0.3, 0.4) is 0 Å². The predicted molar refractivity (Wildman–Crippen MR) is 103 cm³/mol. The van der Waals surface area contributed by atoms with E-state index in [2.05, 4.69) is 36.4 Å². The van der Waals surface area contributed by atoms with Crippen molar-refractivity contribution in [2.24, 2.45) is 0 Å². The van der Waals surface area contributed by atoms with Crippen molar-refractivity contribution in [3.8, 4) is 17.2 Å². The van der Waals surface area contributed by atoms with E-state index in [0.29, 0.717) is 6.61 Å². The smallest absolute Gasteiger partial charge is 0.135 e. The molecule has 4 aromatic rings. The average Bonchev–Trinajstić information content (AvgIpc) is 3.51. The molecule has 0 amide bonds. The maximum Gasteiger partial charge on any atom is 0.135 e. The van der Waals surface area contributed by atoms with Gasteiger partial charge in [-0.15, -0.1) is 0 Å². The minimum absolute atomic E-state index is 0.216. The van der Waals surface area contributed by atoms with Crippen molar-refractivity contribution in [1.82, 2.24) is 0 Å². The zero-order valence-corrected chi connectivity index (χ0v) is 14.2. The Kier molecular flexibility index (Phi) is 3.72. The molecule has 1 atom stereocenters. The Labute approximate surface area is 151 Å². The van der Waals surface area contributed by atoms with E-state index >= 15 is 0 Å². The first-order valence-corrected chi connectivity index (χ1v) is 8.80. The summed E-state index contributed by atoms with van der Waals surface area (Å²) < 4.78 is 17.5. The van der Waals surface area contributed by atoms with Crippen LogP contribution in [0.5, 0.6) is 17.2 Å². The number of rotatable bonds is 5. The molecule has 5 rings (SSSR count). The monoisotopic (exact) mass is 342 g/mol. The molecule has 0 radical (unpaired) electrons. The van der Waals surface area contributed by atoms with Gasteiger partial charge in [-0.2, -0.15) is 0 Å². The molecule has 0 aliphatic carbocycles. The van der Waals surface area contributed by atoms with Crippen LogP contribution in [0.2, 0.25) is 0 Å². The van der Waals surface area contributed by atoms with E-state index in [0.717, 1.165) is 40.0 Å². The van der Waals surface area contributed by atoms with Crippen molar-refractivity contribution < 1.29 is 14.2 Å². The van der Waals surface area contributed by atoms with E-state index in [1.807, 2.05) is 42.5 Å². The van der Waals surface area contributed by atoms with E-state index in [9.17, 15) is 0 Å². The zero-order chi connectivity index (χ0) is 17.3. The summed E-state index contributed by atoms with van der Waals surface area (Å²) in [5, 5.41) is 4.47. The second kappa shape index (κ2) is 6.36. The fraction of sp³-hybridized carbons (Fsp3) is 0.130. The standard InChI is InChI=1S/C23H18O3/c1-2-7-18(8-3-1)26-19-11-10-17-12-16-6-4-5-9-21(16)23(22(17)13-19)25-15-20-14-24-20/h1-13,20H,14-15H2. The van der Waals surface area contributed by atoms with Crippen molar-refractivity contribution in [2.45, 2.75) is 6.10 Å². The number of hydrogen-bond donors (Lipinski definition) is 0. The molecule has 0 spiro atoms. The number of fused-ring (bicyclic) bond motifs is 2. The Bertz CT molecular complexity index is 1070. The van der Waals surface area contributed by atoms with Crippen LogP contribution in [0.1, 0.15) is 0 Å².